The first-order chi connectivity index (χ1) is 17.3. The van der Waals surface area contributed by atoms with Crippen LogP contribution in [0, 0.1) is 5.82 Å². The van der Waals surface area contributed by atoms with Crippen molar-refractivity contribution in [3.05, 3.63) is 83.9 Å². The van der Waals surface area contributed by atoms with Crippen molar-refractivity contribution in [2.45, 2.75) is 19.4 Å². The molecule has 0 saturated carbocycles. The maximum absolute atomic E-state index is 13.6. The molecule has 0 saturated heterocycles. The Kier molecular flexibility index (Phi) is 6.09. The summed E-state index contributed by atoms with van der Waals surface area (Å²) >= 11 is 0. The van der Waals surface area contributed by atoms with E-state index < -0.39 is 13.0 Å². The van der Waals surface area contributed by atoms with Gasteiger partial charge in [0, 0.05) is 30.3 Å². The van der Waals surface area contributed by atoms with Crippen LogP contribution < -0.4 is 10.6 Å². The molecule has 2 N–H and O–H groups in total. The predicted octanol–water partition coefficient (Wildman–Crippen LogP) is 5.20. The fourth-order valence-corrected chi connectivity index (χ4v) is 4.19. The van der Waals surface area contributed by atoms with Crippen molar-refractivity contribution in [2.24, 2.45) is 7.05 Å². The van der Waals surface area contributed by atoms with Crippen molar-refractivity contribution in [1.29, 1.82) is 0 Å². The first-order valence-corrected chi connectivity index (χ1v) is 11.3. The number of carbonyl (C=O) groups excluding carboxylic acids is 1. The van der Waals surface area contributed by atoms with E-state index in [9.17, 15) is 18.0 Å². The molecule has 3 aromatic heterocycles. The second kappa shape index (κ2) is 9.37. The van der Waals surface area contributed by atoms with E-state index in [4.69, 9.17) is 0 Å². The highest BCUT2D eigenvalue weighted by Crippen LogP contribution is 2.29. The summed E-state index contributed by atoms with van der Waals surface area (Å²) < 4.78 is 42.0. The van der Waals surface area contributed by atoms with Crippen molar-refractivity contribution in [2.75, 3.05) is 11.9 Å². The molecule has 0 unspecified atom stereocenters. The van der Waals surface area contributed by atoms with Crippen LogP contribution in [0.5, 0.6) is 0 Å². The smallest absolute Gasteiger partial charge is 0.255 e. The van der Waals surface area contributed by atoms with Crippen LogP contribution in [-0.4, -0.2) is 38.0 Å². The number of fused-ring (bicyclic) bond motifs is 2. The van der Waals surface area contributed by atoms with Crippen LogP contribution in [0.2, 0.25) is 0 Å². The number of nitrogens with one attached hydrogen (secondary N) is 2. The molecular formula is C26H23F3N6O. The van der Waals surface area contributed by atoms with Gasteiger partial charge in [-0.1, -0.05) is 18.2 Å². The molecule has 0 fully saturated rings. The lowest BCUT2D eigenvalue weighted by Gasteiger charge is -2.14. The van der Waals surface area contributed by atoms with Gasteiger partial charge in [-0.05, 0) is 60.0 Å². The summed E-state index contributed by atoms with van der Waals surface area (Å²) in [7, 11) is 1.87. The molecule has 1 atom stereocenters. The van der Waals surface area contributed by atoms with Gasteiger partial charge in [0.15, 0.2) is 5.65 Å². The lowest BCUT2D eigenvalue weighted by molar-refractivity contribution is 0.0941. The highest BCUT2D eigenvalue weighted by molar-refractivity contribution is 6.08. The normalized spacial score (nSPS) is 12.4. The minimum Gasteiger partial charge on any atom is -0.350 e. The lowest BCUT2D eigenvalue weighted by Crippen LogP contribution is -2.26. The van der Waals surface area contributed by atoms with Gasteiger partial charge in [-0.25, -0.2) is 17.7 Å². The van der Waals surface area contributed by atoms with Gasteiger partial charge in [-0.2, -0.15) is 4.98 Å². The maximum atomic E-state index is 13.6. The van der Waals surface area contributed by atoms with E-state index >= 15 is 0 Å². The van der Waals surface area contributed by atoms with Crippen LogP contribution in [-0.2, 0) is 7.05 Å². The highest BCUT2D eigenvalue weighted by Gasteiger charge is 2.18. The van der Waals surface area contributed by atoms with Gasteiger partial charge in [0.1, 0.15) is 5.82 Å². The van der Waals surface area contributed by atoms with E-state index in [2.05, 4.69) is 20.7 Å². The molecule has 0 bridgehead atoms. The largest absolute Gasteiger partial charge is 0.350 e. The molecule has 36 heavy (non-hydrogen) atoms. The number of aromatic nitrogens is 4. The van der Waals surface area contributed by atoms with Crippen molar-refractivity contribution in [1.82, 2.24) is 24.5 Å². The maximum Gasteiger partial charge on any atom is 0.255 e. The zero-order chi connectivity index (χ0) is 25.4. The van der Waals surface area contributed by atoms with Gasteiger partial charge in [0.25, 0.3) is 12.3 Å². The minimum absolute atomic E-state index is 0.123. The number of rotatable bonds is 7. The Morgan fingerprint density at radius 3 is 2.67 bits per heavy atom. The molecule has 0 aliphatic heterocycles. The third-order valence-corrected chi connectivity index (χ3v) is 6.02. The third kappa shape index (κ3) is 4.61. The summed E-state index contributed by atoms with van der Waals surface area (Å²) in [5.74, 6) is -0.500. The molecule has 0 aliphatic carbocycles. The summed E-state index contributed by atoms with van der Waals surface area (Å²) in [5.41, 5.74) is 4.24. The van der Waals surface area contributed by atoms with Crippen LogP contribution in [0.4, 0.5) is 19.1 Å². The van der Waals surface area contributed by atoms with Gasteiger partial charge in [0.2, 0.25) is 5.95 Å². The number of aryl methyl sites for hydroxylation is 1. The Balaban J connectivity index is 1.45. The standard InChI is InChI=1S/C26H23F3N6O/c1-15(16-4-3-5-19(27)10-16)31-25(36)21-14-34(2)22-7-6-17(11-20(21)22)18-8-9-35-24(12-18)32-26(33-35)30-13-23(28)29/h3-12,14-15,23H,13H2,1-2H3,(H,30,33)(H,31,36)/t15-/m0/s1. The van der Waals surface area contributed by atoms with Crippen LogP contribution in [0.3, 0.4) is 0 Å². The molecule has 1 amide bonds. The Morgan fingerprint density at radius 2 is 1.89 bits per heavy atom. The molecule has 5 rings (SSSR count). The molecule has 5 aromatic rings. The van der Waals surface area contributed by atoms with Gasteiger partial charge in [-0.3, -0.25) is 4.79 Å². The van der Waals surface area contributed by atoms with Gasteiger partial charge >= 0.3 is 0 Å². The number of nitrogens with zero attached hydrogens (tertiary/aromatic N) is 4. The molecule has 7 nitrogen and oxygen atoms in total. The van der Waals surface area contributed by atoms with Crippen LogP contribution >= 0.6 is 0 Å². The SMILES string of the molecule is C[C@H](NC(=O)c1cn(C)c2ccc(-c3ccn4nc(NCC(F)F)nc4c3)cc12)c1cccc(F)c1. The van der Waals surface area contributed by atoms with E-state index in [1.807, 2.05) is 35.9 Å². The number of hydrogen-bond donors (Lipinski definition) is 2. The second-order valence-corrected chi connectivity index (χ2v) is 8.56. The summed E-state index contributed by atoms with van der Waals surface area (Å²) in [5, 5.41) is 10.4. The summed E-state index contributed by atoms with van der Waals surface area (Å²) in [6.07, 6.45) is 0.965. The van der Waals surface area contributed by atoms with Crippen molar-refractivity contribution in [3.8, 4) is 11.1 Å². The van der Waals surface area contributed by atoms with Crippen LogP contribution in [0.1, 0.15) is 28.9 Å². The zero-order valence-corrected chi connectivity index (χ0v) is 19.5. The summed E-state index contributed by atoms with van der Waals surface area (Å²) in [6.45, 7) is 1.28. The van der Waals surface area contributed by atoms with E-state index in [0.29, 0.717) is 16.8 Å². The Hall–Kier alpha value is -4.34. The molecule has 0 aliphatic rings. The fraction of sp³-hybridized carbons (Fsp3) is 0.192. The Labute approximate surface area is 204 Å². The topological polar surface area (TPSA) is 76.2 Å². The van der Waals surface area contributed by atoms with Crippen molar-refractivity contribution < 1.29 is 18.0 Å². The van der Waals surface area contributed by atoms with Gasteiger partial charge in [-0.15, -0.1) is 5.10 Å². The molecule has 0 radical (unpaired) electrons. The lowest BCUT2D eigenvalue weighted by atomic mass is 10.0. The average molecular weight is 493 g/mol. The fourth-order valence-electron chi connectivity index (χ4n) is 4.19. The minimum atomic E-state index is -2.51. The number of halogens is 3. The van der Waals surface area contributed by atoms with Crippen LogP contribution in [0.25, 0.3) is 27.7 Å². The first-order valence-electron chi connectivity index (χ1n) is 11.3. The Bertz CT molecular complexity index is 1580. The molecular weight excluding hydrogens is 469 g/mol. The van der Waals surface area contributed by atoms with Gasteiger partial charge < -0.3 is 15.2 Å². The quantitative estimate of drug-likeness (QED) is 0.328. The zero-order valence-electron chi connectivity index (χ0n) is 19.5. The predicted molar refractivity (Wildman–Crippen MR) is 132 cm³/mol. The number of pyridine rings is 1. The van der Waals surface area contributed by atoms with Crippen LogP contribution in [0.15, 0.2) is 67.0 Å². The molecule has 184 valence electrons. The number of hydrogen-bond acceptors (Lipinski definition) is 4. The van der Waals surface area contributed by atoms with Crippen molar-refractivity contribution >= 4 is 28.4 Å². The molecule has 3 heterocycles. The number of carbonyl (C=O) groups is 1. The van der Waals surface area contributed by atoms with E-state index in [1.165, 1.54) is 16.6 Å². The van der Waals surface area contributed by atoms with E-state index in [-0.39, 0.29) is 23.7 Å². The van der Waals surface area contributed by atoms with Gasteiger partial charge in [0.05, 0.1) is 18.2 Å². The molecule has 10 heteroatoms. The molecule has 0 spiro atoms. The third-order valence-electron chi connectivity index (χ3n) is 6.02. The summed E-state index contributed by atoms with van der Waals surface area (Å²) in [4.78, 5) is 17.4. The number of amides is 1. The number of anilines is 1. The van der Waals surface area contributed by atoms with E-state index in [0.717, 1.165) is 22.0 Å². The number of alkyl halides is 2. The van der Waals surface area contributed by atoms with E-state index in [1.54, 1.807) is 37.5 Å². The number of benzene rings is 2. The monoisotopic (exact) mass is 492 g/mol. The second-order valence-electron chi connectivity index (χ2n) is 8.56. The summed E-state index contributed by atoms with van der Waals surface area (Å²) in [6, 6.07) is 15.2. The first kappa shape index (κ1) is 23.4. The highest BCUT2D eigenvalue weighted by atomic mass is 19.3. The molecule has 2 aromatic carbocycles. The average Bonchev–Trinajstić information content (AvgIpc) is 3.42. The Morgan fingerprint density at radius 1 is 1.08 bits per heavy atom. The van der Waals surface area contributed by atoms with Crippen molar-refractivity contribution in [3.63, 3.8) is 0 Å².